The van der Waals surface area contributed by atoms with Crippen LogP contribution in [-0.4, -0.2) is 39.9 Å². The number of rotatable bonds is 6. The van der Waals surface area contributed by atoms with Crippen molar-refractivity contribution in [3.05, 3.63) is 59.4 Å². The third-order valence-electron chi connectivity index (χ3n) is 5.35. The van der Waals surface area contributed by atoms with Gasteiger partial charge in [0.25, 0.3) is 0 Å². The second kappa shape index (κ2) is 9.93. The molecule has 0 saturated carbocycles. The van der Waals surface area contributed by atoms with Gasteiger partial charge in [0.15, 0.2) is 0 Å². The maximum Gasteiger partial charge on any atom is 0.241 e. The first kappa shape index (κ1) is 22.0. The quantitative estimate of drug-likeness (QED) is 0.580. The zero-order valence-electron chi connectivity index (χ0n) is 17.7. The molecule has 3 aromatic rings. The van der Waals surface area contributed by atoms with Crippen LogP contribution in [0.2, 0.25) is 5.02 Å². The van der Waals surface area contributed by atoms with Crippen LogP contribution in [0.15, 0.2) is 53.1 Å². The minimum absolute atomic E-state index is 0.0107. The molecule has 2 aromatic carbocycles. The van der Waals surface area contributed by atoms with Crippen LogP contribution in [0.4, 0.5) is 11.4 Å². The van der Waals surface area contributed by atoms with E-state index in [1.165, 1.54) is 6.92 Å². The van der Waals surface area contributed by atoms with Crippen LogP contribution < -0.4 is 10.6 Å². The van der Waals surface area contributed by atoms with Crippen LogP contribution >= 0.6 is 11.6 Å². The zero-order chi connectivity index (χ0) is 22.5. The molecular formula is C23H24ClN5O3. The summed E-state index contributed by atoms with van der Waals surface area (Å²) in [5, 5.41) is 10.3. The number of carbonyl (C=O) groups excluding carboxylic acids is 2. The van der Waals surface area contributed by atoms with Gasteiger partial charge in [-0.2, -0.15) is 4.98 Å². The topological polar surface area (TPSA) is 100 Å². The van der Waals surface area contributed by atoms with E-state index in [0.29, 0.717) is 34.7 Å². The molecule has 8 nitrogen and oxygen atoms in total. The second-order valence-electron chi connectivity index (χ2n) is 7.79. The van der Waals surface area contributed by atoms with E-state index >= 15 is 0 Å². The smallest absolute Gasteiger partial charge is 0.241 e. The molecule has 2 heterocycles. The lowest BCUT2D eigenvalue weighted by Crippen LogP contribution is -2.37. The molecule has 0 atom stereocenters. The van der Waals surface area contributed by atoms with Crippen molar-refractivity contribution in [1.82, 2.24) is 15.0 Å². The number of aromatic nitrogens is 2. The lowest BCUT2D eigenvalue weighted by Gasteiger charge is -2.30. The van der Waals surface area contributed by atoms with Gasteiger partial charge in [0.1, 0.15) is 0 Å². The molecule has 4 rings (SSSR count). The van der Waals surface area contributed by atoms with Crippen LogP contribution in [0.1, 0.15) is 25.7 Å². The highest BCUT2D eigenvalue weighted by Crippen LogP contribution is 2.26. The fourth-order valence-electron chi connectivity index (χ4n) is 3.74. The minimum Gasteiger partial charge on any atom is -0.338 e. The summed E-state index contributed by atoms with van der Waals surface area (Å²) in [6.45, 7) is 3.50. The number of halogens is 1. The summed E-state index contributed by atoms with van der Waals surface area (Å²) in [5.41, 5.74) is 2.06. The standard InChI is InChI=1S/C23H24ClN5O3/c1-15(30)25-17-5-4-6-18(13-17)26-23(31)16-9-11-29(12-10-16)14-21-27-22(28-32-21)19-7-2-3-8-20(19)24/h2-8,13,16H,9-12,14H2,1H3,(H,25,30)(H,26,31). The highest BCUT2D eigenvalue weighted by atomic mass is 35.5. The van der Waals surface area contributed by atoms with Gasteiger partial charge in [-0.1, -0.05) is 35.0 Å². The van der Waals surface area contributed by atoms with Gasteiger partial charge in [-0.15, -0.1) is 0 Å². The van der Waals surface area contributed by atoms with Crippen molar-refractivity contribution in [1.29, 1.82) is 0 Å². The molecule has 0 spiro atoms. The Kier molecular flexibility index (Phi) is 6.82. The van der Waals surface area contributed by atoms with E-state index in [0.717, 1.165) is 31.5 Å². The molecule has 2 amide bonds. The first-order chi connectivity index (χ1) is 15.5. The van der Waals surface area contributed by atoms with Crippen molar-refractivity contribution >= 4 is 34.8 Å². The number of carbonyl (C=O) groups is 2. The average Bonchev–Trinajstić information content (AvgIpc) is 3.22. The van der Waals surface area contributed by atoms with E-state index in [4.69, 9.17) is 16.1 Å². The van der Waals surface area contributed by atoms with Gasteiger partial charge in [0, 0.05) is 29.8 Å². The summed E-state index contributed by atoms with van der Waals surface area (Å²) in [6, 6.07) is 14.5. The predicted octanol–water partition coefficient (Wildman–Crippen LogP) is 4.20. The summed E-state index contributed by atoms with van der Waals surface area (Å²) in [4.78, 5) is 30.6. The molecule has 1 fully saturated rings. The van der Waals surface area contributed by atoms with Gasteiger partial charge in [-0.25, -0.2) is 0 Å². The van der Waals surface area contributed by atoms with Crippen molar-refractivity contribution in [2.45, 2.75) is 26.3 Å². The lowest BCUT2D eigenvalue weighted by molar-refractivity contribution is -0.121. The van der Waals surface area contributed by atoms with E-state index in [1.54, 1.807) is 24.3 Å². The van der Waals surface area contributed by atoms with Gasteiger partial charge in [0.05, 0.1) is 11.6 Å². The number of nitrogens with zero attached hydrogens (tertiary/aromatic N) is 3. The molecule has 1 aliphatic heterocycles. The molecule has 1 aromatic heterocycles. The van der Waals surface area contributed by atoms with Gasteiger partial charge >= 0.3 is 0 Å². The van der Waals surface area contributed by atoms with Gasteiger partial charge in [0.2, 0.25) is 23.5 Å². The van der Waals surface area contributed by atoms with Crippen LogP contribution in [0.3, 0.4) is 0 Å². The molecule has 32 heavy (non-hydrogen) atoms. The monoisotopic (exact) mass is 453 g/mol. The number of nitrogens with one attached hydrogen (secondary N) is 2. The maximum atomic E-state index is 12.7. The van der Waals surface area contributed by atoms with E-state index in [1.807, 2.05) is 24.3 Å². The Bertz CT molecular complexity index is 1110. The Balaban J connectivity index is 1.29. The SMILES string of the molecule is CC(=O)Nc1cccc(NC(=O)C2CCN(Cc3nc(-c4ccccc4Cl)no3)CC2)c1. The molecular weight excluding hydrogens is 430 g/mol. The largest absolute Gasteiger partial charge is 0.338 e. The molecule has 1 aliphatic rings. The maximum absolute atomic E-state index is 12.7. The van der Waals surface area contributed by atoms with Crippen molar-refractivity contribution in [3.63, 3.8) is 0 Å². The molecule has 0 aliphatic carbocycles. The highest BCUT2D eigenvalue weighted by Gasteiger charge is 2.26. The number of likely N-dealkylation sites (tertiary alicyclic amines) is 1. The second-order valence-corrected chi connectivity index (χ2v) is 8.20. The first-order valence-corrected chi connectivity index (χ1v) is 10.8. The van der Waals surface area contributed by atoms with Crippen LogP contribution in [-0.2, 0) is 16.1 Å². The molecule has 1 saturated heterocycles. The lowest BCUT2D eigenvalue weighted by atomic mass is 9.96. The summed E-state index contributed by atoms with van der Waals surface area (Å²) in [7, 11) is 0. The Morgan fingerprint density at radius 1 is 1.09 bits per heavy atom. The van der Waals surface area contributed by atoms with Crippen LogP contribution in [0, 0.1) is 5.92 Å². The third-order valence-corrected chi connectivity index (χ3v) is 5.68. The van der Waals surface area contributed by atoms with Crippen molar-refractivity contribution in [3.8, 4) is 11.4 Å². The predicted molar refractivity (Wildman–Crippen MR) is 122 cm³/mol. The molecule has 9 heteroatoms. The fourth-order valence-corrected chi connectivity index (χ4v) is 3.96. The van der Waals surface area contributed by atoms with Gasteiger partial charge in [-0.3, -0.25) is 14.5 Å². The molecule has 2 N–H and O–H groups in total. The van der Waals surface area contributed by atoms with Crippen molar-refractivity contribution in [2.24, 2.45) is 5.92 Å². The Hall–Kier alpha value is -3.23. The zero-order valence-corrected chi connectivity index (χ0v) is 18.4. The number of piperidine rings is 1. The fraction of sp³-hybridized carbons (Fsp3) is 0.304. The summed E-state index contributed by atoms with van der Waals surface area (Å²) < 4.78 is 5.40. The number of hydrogen-bond donors (Lipinski definition) is 2. The van der Waals surface area contributed by atoms with Gasteiger partial charge in [-0.05, 0) is 56.3 Å². The number of anilines is 2. The van der Waals surface area contributed by atoms with E-state index in [2.05, 4.69) is 25.7 Å². The summed E-state index contributed by atoms with van der Waals surface area (Å²) in [5.74, 6) is 0.764. The normalized spacial score (nSPS) is 14.8. The first-order valence-electron chi connectivity index (χ1n) is 10.5. The van der Waals surface area contributed by atoms with Crippen molar-refractivity contribution in [2.75, 3.05) is 23.7 Å². The number of amides is 2. The minimum atomic E-state index is -0.152. The van der Waals surface area contributed by atoms with E-state index in [-0.39, 0.29) is 17.7 Å². The average molecular weight is 454 g/mol. The van der Waals surface area contributed by atoms with Crippen LogP contribution in [0.25, 0.3) is 11.4 Å². The molecule has 0 radical (unpaired) electrons. The van der Waals surface area contributed by atoms with E-state index in [9.17, 15) is 9.59 Å². The molecule has 166 valence electrons. The van der Waals surface area contributed by atoms with E-state index < -0.39 is 0 Å². The number of benzene rings is 2. The van der Waals surface area contributed by atoms with Crippen LogP contribution in [0.5, 0.6) is 0 Å². The van der Waals surface area contributed by atoms with Gasteiger partial charge < -0.3 is 15.2 Å². The Labute approximate surface area is 190 Å². The summed E-state index contributed by atoms with van der Waals surface area (Å²) >= 11 is 6.21. The number of hydrogen-bond acceptors (Lipinski definition) is 6. The third kappa shape index (κ3) is 5.52. The molecule has 0 unspecified atom stereocenters. The van der Waals surface area contributed by atoms with Crippen molar-refractivity contribution < 1.29 is 14.1 Å². The molecule has 0 bridgehead atoms. The highest BCUT2D eigenvalue weighted by molar-refractivity contribution is 6.33. The summed E-state index contributed by atoms with van der Waals surface area (Å²) in [6.07, 6.45) is 1.48. The Morgan fingerprint density at radius 2 is 1.81 bits per heavy atom. The Morgan fingerprint density at radius 3 is 2.53 bits per heavy atom.